The van der Waals surface area contributed by atoms with Gasteiger partial charge in [-0.25, -0.2) is 10.1 Å². The standard InChI is InChI=1S/C18H19N5O2/c1-2-11-25-15-9-7-14(8-10-15)12-19-21-18(24)13-23-17-6-4-3-5-16(17)20-22-23/h3-10,12H,2,11,13H2,1H3,(H,21,24). The lowest BCUT2D eigenvalue weighted by atomic mass is 10.2. The third-order valence-corrected chi connectivity index (χ3v) is 3.47. The van der Waals surface area contributed by atoms with E-state index in [1.807, 2.05) is 48.5 Å². The van der Waals surface area contributed by atoms with Crippen LogP contribution in [0, 0.1) is 0 Å². The Hall–Kier alpha value is -3.22. The minimum atomic E-state index is -0.269. The van der Waals surface area contributed by atoms with Gasteiger partial charge in [0.05, 0.1) is 18.3 Å². The Morgan fingerprint density at radius 1 is 1.24 bits per heavy atom. The number of aromatic nitrogens is 3. The molecule has 3 aromatic rings. The molecule has 7 nitrogen and oxygen atoms in total. The van der Waals surface area contributed by atoms with Gasteiger partial charge in [0, 0.05) is 0 Å². The van der Waals surface area contributed by atoms with Gasteiger partial charge in [-0.3, -0.25) is 4.79 Å². The lowest BCUT2D eigenvalue weighted by molar-refractivity contribution is -0.121. The highest BCUT2D eigenvalue weighted by atomic mass is 16.5. The number of carbonyl (C=O) groups is 1. The molecule has 0 aliphatic heterocycles. The Labute approximate surface area is 145 Å². The molecule has 0 radical (unpaired) electrons. The number of hydrazone groups is 1. The maximum absolute atomic E-state index is 12.0. The monoisotopic (exact) mass is 337 g/mol. The first-order valence-corrected chi connectivity index (χ1v) is 8.09. The fourth-order valence-corrected chi connectivity index (χ4v) is 2.25. The highest BCUT2D eigenvalue weighted by Gasteiger charge is 2.07. The molecule has 0 aliphatic carbocycles. The van der Waals surface area contributed by atoms with E-state index in [-0.39, 0.29) is 12.5 Å². The molecule has 1 aromatic heterocycles. The van der Waals surface area contributed by atoms with Crippen molar-refractivity contribution in [3.63, 3.8) is 0 Å². The zero-order valence-electron chi connectivity index (χ0n) is 13.9. The van der Waals surface area contributed by atoms with E-state index < -0.39 is 0 Å². The summed E-state index contributed by atoms with van der Waals surface area (Å²) in [7, 11) is 0. The Morgan fingerprint density at radius 2 is 2.04 bits per heavy atom. The van der Waals surface area contributed by atoms with Crippen molar-refractivity contribution in [3.8, 4) is 5.75 Å². The van der Waals surface area contributed by atoms with Crippen LogP contribution in [0.4, 0.5) is 0 Å². The van der Waals surface area contributed by atoms with Gasteiger partial charge in [-0.1, -0.05) is 24.3 Å². The number of fused-ring (bicyclic) bond motifs is 1. The lowest BCUT2D eigenvalue weighted by Gasteiger charge is -2.04. The largest absolute Gasteiger partial charge is 0.494 e. The average molecular weight is 337 g/mol. The second kappa shape index (κ2) is 8.05. The van der Waals surface area contributed by atoms with Crippen molar-refractivity contribution in [1.29, 1.82) is 0 Å². The molecule has 0 aliphatic rings. The molecule has 3 rings (SSSR count). The highest BCUT2D eigenvalue weighted by molar-refractivity contribution is 5.83. The summed E-state index contributed by atoms with van der Waals surface area (Å²) in [6.07, 6.45) is 2.55. The molecule has 0 unspecified atom stereocenters. The van der Waals surface area contributed by atoms with Crippen molar-refractivity contribution >= 4 is 23.2 Å². The minimum Gasteiger partial charge on any atom is -0.494 e. The highest BCUT2D eigenvalue weighted by Crippen LogP contribution is 2.11. The normalized spacial score (nSPS) is 11.1. The molecular weight excluding hydrogens is 318 g/mol. The van der Waals surface area contributed by atoms with E-state index in [1.165, 1.54) is 0 Å². The van der Waals surface area contributed by atoms with Crippen LogP contribution in [-0.4, -0.2) is 33.7 Å². The Morgan fingerprint density at radius 3 is 2.84 bits per heavy atom. The van der Waals surface area contributed by atoms with Crippen molar-refractivity contribution in [2.75, 3.05) is 6.61 Å². The van der Waals surface area contributed by atoms with Crippen LogP contribution in [0.3, 0.4) is 0 Å². The van der Waals surface area contributed by atoms with E-state index in [0.717, 1.165) is 28.8 Å². The molecule has 2 aromatic carbocycles. The van der Waals surface area contributed by atoms with Gasteiger partial charge in [0.2, 0.25) is 0 Å². The van der Waals surface area contributed by atoms with Gasteiger partial charge in [-0.15, -0.1) is 5.10 Å². The molecule has 0 fully saturated rings. The number of amides is 1. The molecule has 25 heavy (non-hydrogen) atoms. The van der Waals surface area contributed by atoms with E-state index in [2.05, 4.69) is 27.8 Å². The smallest absolute Gasteiger partial charge is 0.261 e. The Bertz CT molecular complexity index is 871. The second-order valence-electron chi connectivity index (χ2n) is 5.45. The van der Waals surface area contributed by atoms with Crippen LogP contribution >= 0.6 is 0 Å². The second-order valence-corrected chi connectivity index (χ2v) is 5.45. The number of hydrogen-bond donors (Lipinski definition) is 1. The molecule has 0 bridgehead atoms. The maximum Gasteiger partial charge on any atom is 0.261 e. The molecule has 128 valence electrons. The first-order valence-electron chi connectivity index (χ1n) is 8.09. The van der Waals surface area contributed by atoms with Crippen molar-refractivity contribution in [3.05, 3.63) is 54.1 Å². The number of para-hydroxylation sites is 1. The summed E-state index contributed by atoms with van der Waals surface area (Å²) in [5.41, 5.74) is 4.93. The molecule has 0 atom stereocenters. The molecule has 1 heterocycles. The minimum absolute atomic E-state index is 0.0572. The van der Waals surface area contributed by atoms with Crippen LogP contribution in [0.2, 0.25) is 0 Å². The zero-order chi connectivity index (χ0) is 17.5. The van der Waals surface area contributed by atoms with Crippen molar-refractivity contribution in [2.24, 2.45) is 5.10 Å². The van der Waals surface area contributed by atoms with Crippen LogP contribution < -0.4 is 10.2 Å². The van der Waals surface area contributed by atoms with E-state index in [9.17, 15) is 4.79 Å². The number of ether oxygens (including phenoxy) is 1. The molecule has 0 saturated heterocycles. The first-order chi connectivity index (χ1) is 12.3. The molecule has 1 N–H and O–H groups in total. The van der Waals surface area contributed by atoms with Crippen LogP contribution in [0.15, 0.2) is 53.6 Å². The number of rotatable bonds is 7. The van der Waals surface area contributed by atoms with Crippen molar-refractivity contribution in [1.82, 2.24) is 20.4 Å². The van der Waals surface area contributed by atoms with Gasteiger partial charge >= 0.3 is 0 Å². The fourth-order valence-electron chi connectivity index (χ4n) is 2.25. The topological polar surface area (TPSA) is 81.4 Å². The molecule has 0 saturated carbocycles. The summed E-state index contributed by atoms with van der Waals surface area (Å²) in [4.78, 5) is 12.0. The number of nitrogens with one attached hydrogen (secondary N) is 1. The quantitative estimate of drug-likeness (QED) is 0.530. The SMILES string of the molecule is CCCOc1ccc(C=NNC(=O)Cn2nnc3ccccc32)cc1. The Balaban J connectivity index is 1.54. The number of hydrogen-bond acceptors (Lipinski definition) is 5. The van der Waals surface area contributed by atoms with Gasteiger partial charge in [0.25, 0.3) is 5.91 Å². The summed E-state index contributed by atoms with van der Waals surface area (Å²) in [6, 6.07) is 15.0. The molecule has 0 spiro atoms. The summed E-state index contributed by atoms with van der Waals surface area (Å²) in [5, 5.41) is 12.0. The van der Waals surface area contributed by atoms with Gasteiger partial charge in [0.15, 0.2) is 0 Å². The first kappa shape index (κ1) is 16.6. The van der Waals surface area contributed by atoms with Crippen LogP contribution in [0.25, 0.3) is 11.0 Å². The molecular formula is C18H19N5O2. The molecule has 1 amide bonds. The van der Waals surface area contributed by atoms with E-state index in [0.29, 0.717) is 6.61 Å². The molecule has 7 heteroatoms. The third kappa shape index (κ3) is 4.41. The number of carbonyl (C=O) groups excluding carboxylic acids is 1. The van der Waals surface area contributed by atoms with Crippen LogP contribution in [0.5, 0.6) is 5.75 Å². The Kier molecular flexibility index (Phi) is 5.36. The van der Waals surface area contributed by atoms with E-state index >= 15 is 0 Å². The number of benzene rings is 2. The van der Waals surface area contributed by atoms with Crippen LogP contribution in [0.1, 0.15) is 18.9 Å². The van der Waals surface area contributed by atoms with Gasteiger partial charge in [0.1, 0.15) is 17.8 Å². The summed E-state index contributed by atoms with van der Waals surface area (Å²) < 4.78 is 7.06. The third-order valence-electron chi connectivity index (χ3n) is 3.47. The summed E-state index contributed by atoms with van der Waals surface area (Å²) >= 11 is 0. The average Bonchev–Trinajstić information content (AvgIpc) is 3.04. The zero-order valence-corrected chi connectivity index (χ0v) is 13.9. The van der Waals surface area contributed by atoms with Gasteiger partial charge < -0.3 is 4.74 Å². The van der Waals surface area contributed by atoms with Crippen LogP contribution in [-0.2, 0) is 11.3 Å². The summed E-state index contributed by atoms with van der Waals surface area (Å²) in [6.45, 7) is 2.81. The van der Waals surface area contributed by atoms with Crippen molar-refractivity contribution in [2.45, 2.75) is 19.9 Å². The summed E-state index contributed by atoms with van der Waals surface area (Å²) in [5.74, 6) is 0.552. The maximum atomic E-state index is 12.0. The fraction of sp³-hybridized carbons (Fsp3) is 0.222. The van der Waals surface area contributed by atoms with Gasteiger partial charge in [-0.2, -0.15) is 5.10 Å². The van der Waals surface area contributed by atoms with Gasteiger partial charge in [-0.05, 0) is 48.4 Å². The lowest BCUT2D eigenvalue weighted by Crippen LogP contribution is -2.23. The predicted octanol–water partition coefficient (Wildman–Crippen LogP) is 2.37. The predicted molar refractivity (Wildman–Crippen MR) is 95.5 cm³/mol. The van der Waals surface area contributed by atoms with E-state index in [4.69, 9.17) is 4.74 Å². The van der Waals surface area contributed by atoms with Crippen molar-refractivity contribution < 1.29 is 9.53 Å². The van der Waals surface area contributed by atoms with E-state index in [1.54, 1.807) is 10.9 Å². The number of nitrogens with zero attached hydrogens (tertiary/aromatic N) is 4.